The second kappa shape index (κ2) is 7.70. The van der Waals surface area contributed by atoms with Gasteiger partial charge < -0.3 is 19.0 Å². The Morgan fingerprint density at radius 2 is 1.92 bits per heavy atom. The first-order valence-electron chi connectivity index (χ1n) is 8.84. The van der Waals surface area contributed by atoms with Gasteiger partial charge in [0.05, 0.1) is 6.61 Å². The Hall–Kier alpha value is -2.34. The molecule has 0 bridgehead atoms. The van der Waals surface area contributed by atoms with Crippen LogP contribution in [0.25, 0.3) is 11.0 Å². The summed E-state index contributed by atoms with van der Waals surface area (Å²) in [7, 11) is 0. The fourth-order valence-corrected chi connectivity index (χ4v) is 2.99. The number of likely N-dealkylation sites (N-methyl/N-ethyl adjacent to an activating group) is 1. The summed E-state index contributed by atoms with van der Waals surface area (Å²) in [4.78, 5) is 29.0. The Bertz CT molecular complexity index is 807. The van der Waals surface area contributed by atoms with Gasteiger partial charge in [-0.25, -0.2) is 4.79 Å². The molecule has 1 saturated heterocycles. The summed E-state index contributed by atoms with van der Waals surface area (Å²) >= 11 is 0. The molecule has 0 unspecified atom stereocenters. The molecule has 25 heavy (non-hydrogen) atoms. The second-order valence-corrected chi connectivity index (χ2v) is 6.22. The summed E-state index contributed by atoms with van der Waals surface area (Å²) in [6, 6.07) is 6.96. The lowest BCUT2D eigenvalue weighted by atomic mass is 10.1. The van der Waals surface area contributed by atoms with Crippen LogP contribution in [-0.4, -0.2) is 55.0 Å². The summed E-state index contributed by atoms with van der Waals surface area (Å²) in [6.07, 6.45) is 0.903. The van der Waals surface area contributed by atoms with Gasteiger partial charge in [-0.1, -0.05) is 13.8 Å². The molecule has 0 saturated carbocycles. The van der Waals surface area contributed by atoms with Crippen LogP contribution in [0.15, 0.2) is 33.5 Å². The number of carbonyl (C=O) groups is 1. The van der Waals surface area contributed by atoms with E-state index in [4.69, 9.17) is 9.15 Å². The van der Waals surface area contributed by atoms with E-state index < -0.39 is 5.63 Å². The highest BCUT2D eigenvalue weighted by molar-refractivity contribution is 5.96. The van der Waals surface area contributed by atoms with Gasteiger partial charge in [-0.2, -0.15) is 0 Å². The quantitative estimate of drug-likeness (QED) is 0.779. The predicted octanol–water partition coefficient (Wildman–Crippen LogP) is 2.36. The van der Waals surface area contributed by atoms with Crippen LogP contribution in [0, 0.1) is 0 Å². The number of fused-ring (bicyclic) bond motifs is 1. The molecule has 0 spiro atoms. The molecule has 134 valence electrons. The maximum atomic E-state index is 12.7. The number of carbonyl (C=O) groups excluding carboxylic acids is 1. The molecule has 0 aliphatic carbocycles. The van der Waals surface area contributed by atoms with E-state index in [9.17, 15) is 9.59 Å². The zero-order chi connectivity index (χ0) is 17.8. The van der Waals surface area contributed by atoms with Crippen molar-refractivity contribution in [3.63, 3.8) is 0 Å². The molecule has 0 N–H and O–H groups in total. The highest BCUT2D eigenvalue weighted by atomic mass is 16.5. The summed E-state index contributed by atoms with van der Waals surface area (Å²) in [5.74, 6) is 0.407. The van der Waals surface area contributed by atoms with Crippen LogP contribution in [0.4, 0.5) is 0 Å². The molecule has 1 aromatic heterocycles. The number of piperazine rings is 1. The zero-order valence-electron chi connectivity index (χ0n) is 14.8. The van der Waals surface area contributed by atoms with Gasteiger partial charge >= 0.3 is 5.63 Å². The SMILES string of the molecule is CCCOc1ccc2cc(C(=O)N3CCN(CC)CC3)c(=O)oc2c1. The van der Waals surface area contributed by atoms with E-state index in [-0.39, 0.29) is 11.5 Å². The Labute approximate surface area is 147 Å². The minimum absolute atomic E-state index is 0.0969. The third kappa shape index (κ3) is 3.85. The molecule has 1 fully saturated rings. The molecule has 3 rings (SSSR count). The van der Waals surface area contributed by atoms with Gasteiger partial charge in [-0.3, -0.25) is 4.79 Å². The van der Waals surface area contributed by atoms with Crippen molar-refractivity contribution in [2.75, 3.05) is 39.3 Å². The lowest BCUT2D eigenvalue weighted by molar-refractivity contribution is 0.0639. The number of nitrogens with zero attached hydrogens (tertiary/aromatic N) is 2. The van der Waals surface area contributed by atoms with Crippen LogP contribution in [0.3, 0.4) is 0 Å². The van der Waals surface area contributed by atoms with Crippen LogP contribution in [0.5, 0.6) is 5.75 Å². The smallest absolute Gasteiger partial charge is 0.349 e. The monoisotopic (exact) mass is 344 g/mol. The minimum Gasteiger partial charge on any atom is -0.493 e. The van der Waals surface area contributed by atoms with Crippen molar-refractivity contribution >= 4 is 16.9 Å². The highest BCUT2D eigenvalue weighted by Gasteiger charge is 2.24. The molecule has 2 aromatic rings. The Kier molecular flexibility index (Phi) is 5.38. The van der Waals surface area contributed by atoms with Gasteiger partial charge in [0.2, 0.25) is 0 Å². The molecule has 1 aliphatic rings. The van der Waals surface area contributed by atoms with Crippen LogP contribution < -0.4 is 10.4 Å². The van der Waals surface area contributed by atoms with Crippen LogP contribution in [0.1, 0.15) is 30.6 Å². The average molecular weight is 344 g/mol. The number of ether oxygens (including phenoxy) is 1. The van der Waals surface area contributed by atoms with E-state index in [1.807, 2.05) is 19.1 Å². The van der Waals surface area contributed by atoms with Crippen LogP contribution in [0.2, 0.25) is 0 Å². The van der Waals surface area contributed by atoms with E-state index in [1.165, 1.54) is 0 Å². The topological polar surface area (TPSA) is 63.0 Å². The maximum absolute atomic E-state index is 12.7. The first-order chi connectivity index (χ1) is 12.1. The molecule has 0 atom stereocenters. The first kappa shape index (κ1) is 17.5. The number of rotatable bonds is 5. The molecule has 1 aliphatic heterocycles. The van der Waals surface area contributed by atoms with E-state index in [0.717, 1.165) is 31.4 Å². The third-order valence-electron chi connectivity index (χ3n) is 4.52. The van der Waals surface area contributed by atoms with Gasteiger partial charge in [0, 0.05) is 37.6 Å². The van der Waals surface area contributed by atoms with Gasteiger partial charge in [0.1, 0.15) is 16.9 Å². The van der Waals surface area contributed by atoms with Gasteiger partial charge in [0.25, 0.3) is 5.91 Å². The van der Waals surface area contributed by atoms with Crippen molar-refractivity contribution in [1.29, 1.82) is 0 Å². The minimum atomic E-state index is -0.594. The van der Waals surface area contributed by atoms with Crippen molar-refractivity contribution in [2.45, 2.75) is 20.3 Å². The van der Waals surface area contributed by atoms with Crippen LogP contribution in [-0.2, 0) is 0 Å². The summed E-state index contributed by atoms with van der Waals surface area (Å²) in [6.45, 7) is 8.65. The molecule has 6 heteroatoms. The van der Waals surface area contributed by atoms with Crippen molar-refractivity contribution in [2.24, 2.45) is 0 Å². The first-order valence-corrected chi connectivity index (χ1v) is 8.84. The zero-order valence-corrected chi connectivity index (χ0v) is 14.8. The summed E-state index contributed by atoms with van der Waals surface area (Å²) in [5, 5.41) is 0.721. The largest absolute Gasteiger partial charge is 0.493 e. The fraction of sp³-hybridized carbons (Fsp3) is 0.474. The van der Waals surface area contributed by atoms with Crippen molar-refractivity contribution in [3.05, 3.63) is 40.2 Å². The Balaban J connectivity index is 1.83. The number of amides is 1. The fourth-order valence-electron chi connectivity index (χ4n) is 2.99. The third-order valence-corrected chi connectivity index (χ3v) is 4.52. The maximum Gasteiger partial charge on any atom is 0.349 e. The highest BCUT2D eigenvalue weighted by Crippen LogP contribution is 2.21. The van der Waals surface area contributed by atoms with Crippen molar-refractivity contribution in [1.82, 2.24) is 9.80 Å². The van der Waals surface area contributed by atoms with Gasteiger partial charge in [0.15, 0.2) is 0 Å². The normalized spacial score (nSPS) is 15.5. The van der Waals surface area contributed by atoms with Gasteiger partial charge in [-0.05, 0) is 31.2 Å². The summed E-state index contributed by atoms with van der Waals surface area (Å²) in [5.41, 5.74) is -0.0614. The summed E-state index contributed by atoms with van der Waals surface area (Å²) < 4.78 is 10.9. The van der Waals surface area contributed by atoms with Crippen molar-refractivity contribution < 1.29 is 13.9 Å². The number of benzene rings is 1. The Morgan fingerprint density at radius 1 is 1.16 bits per heavy atom. The van der Waals surface area contributed by atoms with E-state index in [1.54, 1.807) is 17.0 Å². The van der Waals surface area contributed by atoms with Crippen LogP contribution >= 0.6 is 0 Å². The second-order valence-electron chi connectivity index (χ2n) is 6.22. The average Bonchev–Trinajstić information content (AvgIpc) is 2.65. The Morgan fingerprint density at radius 3 is 2.60 bits per heavy atom. The standard InChI is InChI=1S/C19H24N2O4/c1-3-11-24-15-6-5-14-12-16(19(23)25-17(14)13-15)18(22)21-9-7-20(4-2)8-10-21/h5-6,12-13H,3-4,7-11H2,1-2H3. The van der Waals surface area contributed by atoms with E-state index in [0.29, 0.717) is 31.0 Å². The number of hydrogen-bond donors (Lipinski definition) is 0. The molecular formula is C19H24N2O4. The van der Waals surface area contributed by atoms with Crippen molar-refractivity contribution in [3.8, 4) is 5.75 Å². The molecular weight excluding hydrogens is 320 g/mol. The van der Waals surface area contributed by atoms with E-state index >= 15 is 0 Å². The molecule has 1 aromatic carbocycles. The molecule has 0 radical (unpaired) electrons. The molecule has 1 amide bonds. The number of hydrogen-bond acceptors (Lipinski definition) is 5. The van der Waals surface area contributed by atoms with E-state index in [2.05, 4.69) is 11.8 Å². The molecule has 6 nitrogen and oxygen atoms in total. The van der Waals surface area contributed by atoms with Gasteiger partial charge in [-0.15, -0.1) is 0 Å². The predicted molar refractivity (Wildman–Crippen MR) is 96.3 cm³/mol. The lowest BCUT2D eigenvalue weighted by Crippen LogP contribution is -2.49. The molecule has 2 heterocycles. The lowest BCUT2D eigenvalue weighted by Gasteiger charge is -2.33.